The molecule has 0 saturated heterocycles. The molecule has 3 N–H and O–H groups in total. The van der Waals surface area contributed by atoms with Crippen molar-refractivity contribution in [1.82, 2.24) is 5.32 Å². The van der Waals surface area contributed by atoms with Crippen molar-refractivity contribution in [3.8, 4) is 0 Å². The standard InChI is InChI=1S/C25H20Cl3N3O5/c1-36-31-22(16-5-2-3-6-17(16)26)24(33)30-20(25(34)35)13-14-9-11-15(12-10-14)29-23(32)21-18(27)7-4-8-19(21)28/h2-12,20H,13H2,1H3,(H,29,32)(H,30,33)(H,34,35)/t20-/m0/s1. The van der Waals surface area contributed by atoms with E-state index in [1.807, 2.05) is 0 Å². The van der Waals surface area contributed by atoms with Crippen LogP contribution in [-0.4, -0.2) is 41.8 Å². The van der Waals surface area contributed by atoms with Gasteiger partial charge in [-0.2, -0.15) is 0 Å². The molecule has 0 saturated carbocycles. The number of halogens is 3. The Labute approximate surface area is 221 Å². The first-order valence-electron chi connectivity index (χ1n) is 10.4. The molecule has 186 valence electrons. The number of nitrogens with zero attached hydrogens (tertiary/aromatic N) is 1. The molecule has 0 aromatic heterocycles. The number of carboxylic acids is 1. The zero-order valence-electron chi connectivity index (χ0n) is 18.8. The Bertz CT molecular complexity index is 1290. The van der Waals surface area contributed by atoms with Crippen LogP contribution in [0.1, 0.15) is 21.5 Å². The maximum atomic E-state index is 12.8. The summed E-state index contributed by atoms with van der Waals surface area (Å²) in [6.45, 7) is 0. The number of carbonyl (C=O) groups is 3. The zero-order valence-corrected chi connectivity index (χ0v) is 21.1. The second-order valence-corrected chi connectivity index (χ2v) is 8.64. The number of amides is 2. The Hall–Kier alpha value is -3.59. The van der Waals surface area contributed by atoms with Crippen LogP contribution in [0.2, 0.25) is 15.1 Å². The molecule has 1 atom stereocenters. The fraction of sp³-hybridized carbons (Fsp3) is 0.120. The van der Waals surface area contributed by atoms with Gasteiger partial charge < -0.3 is 20.6 Å². The lowest BCUT2D eigenvalue weighted by molar-refractivity contribution is -0.141. The third-order valence-electron chi connectivity index (χ3n) is 4.97. The van der Waals surface area contributed by atoms with Crippen molar-refractivity contribution in [1.29, 1.82) is 0 Å². The number of oxime groups is 1. The number of carbonyl (C=O) groups excluding carboxylic acids is 2. The highest BCUT2D eigenvalue weighted by Crippen LogP contribution is 2.25. The number of hydrogen-bond acceptors (Lipinski definition) is 5. The van der Waals surface area contributed by atoms with Crippen molar-refractivity contribution in [3.63, 3.8) is 0 Å². The number of rotatable bonds is 9. The minimum absolute atomic E-state index is 0.0333. The number of aliphatic carboxylic acids is 1. The number of anilines is 1. The smallest absolute Gasteiger partial charge is 0.326 e. The lowest BCUT2D eigenvalue weighted by Gasteiger charge is -2.16. The van der Waals surface area contributed by atoms with E-state index in [4.69, 9.17) is 39.6 Å². The lowest BCUT2D eigenvalue weighted by atomic mass is 10.0. The van der Waals surface area contributed by atoms with Gasteiger partial charge in [-0.25, -0.2) is 4.79 Å². The predicted octanol–water partition coefficient (Wildman–Crippen LogP) is 5.06. The number of carboxylic acid groups (broad SMARTS) is 1. The van der Waals surface area contributed by atoms with E-state index in [-0.39, 0.29) is 32.8 Å². The molecule has 3 rings (SSSR count). The molecule has 0 aliphatic rings. The molecule has 0 spiro atoms. The maximum absolute atomic E-state index is 12.8. The molecule has 0 radical (unpaired) electrons. The number of benzene rings is 3. The van der Waals surface area contributed by atoms with Crippen molar-refractivity contribution in [2.75, 3.05) is 12.4 Å². The van der Waals surface area contributed by atoms with Crippen molar-refractivity contribution in [2.45, 2.75) is 12.5 Å². The van der Waals surface area contributed by atoms with Gasteiger partial charge in [-0.15, -0.1) is 0 Å². The summed E-state index contributed by atoms with van der Waals surface area (Å²) >= 11 is 18.3. The first-order valence-corrected chi connectivity index (χ1v) is 11.6. The summed E-state index contributed by atoms with van der Waals surface area (Å²) in [6.07, 6.45) is -0.0333. The minimum Gasteiger partial charge on any atom is -0.480 e. The predicted molar refractivity (Wildman–Crippen MR) is 139 cm³/mol. The van der Waals surface area contributed by atoms with Crippen LogP contribution in [0.15, 0.2) is 71.9 Å². The molecule has 0 aliphatic heterocycles. The summed E-state index contributed by atoms with van der Waals surface area (Å²) in [5.74, 6) is -2.50. The number of nitrogens with one attached hydrogen (secondary N) is 2. The third kappa shape index (κ3) is 6.75. The van der Waals surface area contributed by atoms with Crippen molar-refractivity contribution < 1.29 is 24.3 Å². The van der Waals surface area contributed by atoms with Crippen LogP contribution < -0.4 is 10.6 Å². The largest absolute Gasteiger partial charge is 0.480 e. The van der Waals surface area contributed by atoms with E-state index in [1.54, 1.807) is 66.7 Å². The summed E-state index contributed by atoms with van der Waals surface area (Å²) in [5.41, 5.74) is 1.32. The second-order valence-electron chi connectivity index (χ2n) is 7.42. The lowest BCUT2D eigenvalue weighted by Crippen LogP contribution is -2.45. The van der Waals surface area contributed by atoms with Crippen LogP contribution in [0.25, 0.3) is 0 Å². The Morgan fingerprint density at radius 3 is 2.11 bits per heavy atom. The van der Waals surface area contributed by atoms with E-state index in [1.165, 1.54) is 7.11 Å². The first kappa shape index (κ1) is 27.0. The Morgan fingerprint density at radius 2 is 1.53 bits per heavy atom. The van der Waals surface area contributed by atoms with Gasteiger partial charge in [0.2, 0.25) is 0 Å². The fourth-order valence-electron chi connectivity index (χ4n) is 3.25. The summed E-state index contributed by atoms with van der Waals surface area (Å²) in [4.78, 5) is 42.0. The maximum Gasteiger partial charge on any atom is 0.326 e. The molecule has 0 heterocycles. The molecule has 0 bridgehead atoms. The quantitative estimate of drug-likeness (QED) is 0.255. The average molecular weight is 549 g/mol. The zero-order chi connectivity index (χ0) is 26.2. The molecule has 0 fully saturated rings. The molecular formula is C25H20Cl3N3O5. The minimum atomic E-state index is -1.27. The van der Waals surface area contributed by atoms with E-state index >= 15 is 0 Å². The van der Waals surface area contributed by atoms with Gasteiger partial charge in [0, 0.05) is 17.7 Å². The van der Waals surface area contributed by atoms with Gasteiger partial charge in [-0.1, -0.05) is 76.4 Å². The van der Waals surface area contributed by atoms with Gasteiger partial charge in [0.1, 0.15) is 13.2 Å². The summed E-state index contributed by atoms with van der Waals surface area (Å²) < 4.78 is 0. The molecular weight excluding hydrogens is 529 g/mol. The van der Waals surface area contributed by atoms with E-state index in [0.29, 0.717) is 16.8 Å². The molecule has 3 aromatic carbocycles. The molecule has 36 heavy (non-hydrogen) atoms. The summed E-state index contributed by atoms with van der Waals surface area (Å²) in [5, 5.41) is 19.2. The monoisotopic (exact) mass is 547 g/mol. The molecule has 8 nitrogen and oxygen atoms in total. The van der Waals surface area contributed by atoms with Crippen molar-refractivity contribution >= 4 is 64.0 Å². The van der Waals surface area contributed by atoms with Crippen LogP contribution in [-0.2, 0) is 20.8 Å². The summed E-state index contributed by atoms with van der Waals surface area (Å²) in [6, 6.07) is 16.4. The van der Waals surface area contributed by atoms with Gasteiger partial charge in [0.05, 0.1) is 20.6 Å². The van der Waals surface area contributed by atoms with Gasteiger partial charge in [-0.3, -0.25) is 9.59 Å². The van der Waals surface area contributed by atoms with Crippen LogP contribution in [0.4, 0.5) is 5.69 Å². The molecule has 11 heteroatoms. The molecule has 0 unspecified atom stereocenters. The van der Waals surface area contributed by atoms with Gasteiger partial charge in [0.15, 0.2) is 5.71 Å². The van der Waals surface area contributed by atoms with E-state index in [2.05, 4.69) is 15.8 Å². The van der Waals surface area contributed by atoms with Crippen LogP contribution >= 0.6 is 34.8 Å². The first-order chi connectivity index (χ1) is 17.2. The summed E-state index contributed by atoms with van der Waals surface area (Å²) in [7, 11) is 1.26. The number of hydrogen-bond donors (Lipinski definition) is 3. The molecule has 3 aromatic rings. The second kappa shape index (κ2) is 12.4. The third-order valence-corrected chi connectivity index (χ3v) is 5.93. The molecule has 2 amide bonds. The Morgan fingerprint density at radius 1 is 0.917 bits per heavy atom. The van der Waals surface area contributed by atoms with Crippen LogP contribution in [0.3, 0.4) is 0 Å². The normalized spacial score (nSPS) is 11.9. The van der Waals surface area contributed by atoms with Gasteiger partial charge >= 0.3 is 5.97 Å². The van der Waals surface area contributed by atoms with Crippen molar-refractivity contribution in [3.05, 3.63) is 98.5 Å². The van der Waals surface area contributed by atoms with Gasteiger partial charge in [0.25, 0.3) is 11.8 Å². The van der Waals surface area contributed by atoms with E-state index in [0.717, 1.165) is 0 Å². The molecule has 0 aliphatic carbocycles. The van der Waals surface area contributed by atoms with Crippen molar-refractivity contribution in [2.24, 2.45) is 5.16 Å². The Kier molecular flexibility index (Phi) is 9.30. The highest BCUT2D eigenvalue weighted by Gasteiger charge is 2.25. The highest BCUT2D eigenvalue weighted by atomic mass is 35.5. The fourth-order valence-corrected chi connectivity index (χ4v) is 4.05. The van der Waals surface area contributed by atoms with Crippen LogP contribution in [0.5, 0.6) is 0 Å². The van der Waals surface area contributed by atoms with Crippen LogP contribution in [0, 0.1) is 0 Å². The van der Waals surface area contributed by atoms with Gasteiger partial charge in [-0.05, 0) is 35.9 Å². The van der Waals surface area contributed by atoms with E-state index in [9.17, 15) is 19.5 Å². The highest BCUT2D eigenvalue weighted by molar-refractivity contribution is 6.49. The topological polar surface area (TPSA) is 117 Å². The Balaban J connectivity index is 1.71. The SMILES string of the molecule is CON=C(C(=O)N[C@@H](Cc1ccc(NC(=O)c2c(Cl)cccc2Cl)cc1)C(=O)O)c1ccccc1Cl. The average Bonchev–Trinajstić information content (AvgIpc) is 2.83. The van der Waals surface area contributed by atoms with E-state index < -0.39 is 23.8 Å².